The largest absolute Gasteiger partial charge is 0.478 e. The molecule has 1 aliphatic rings. The molecule has 0 atom stereocenters. The summed E-state index contributed by atoms with van der Waals surface area (Å²) in [5, 5.41) is 15.0. The zero-order chi connectivity index (χ0) is 18.0. The predicted octanol–water partition coefficient (Wildman–Crippen LogP) is 1.30. The Balaban J connectivity index is 2.04. The minimum Gasteiger partial charge on any atom is -0.478 e. The van der Waals surface area contributed by atoms with Crippen molar-refractivity contribution in [3.05, 3.63) is 47.7 Å². The number of pyridine rings is 2. The van der Waals surface area contributed by atoms with Gasteiger partial charge in [-0.15, -0.1) is 0 Å². The molecule has 1 aliphatic carbocycles. The van der Waals surface area contributed by atoms with Crippen molar-refractivity contribution in [1.82, 2.24) is 14.6 Å². The molecule has 2 aromatic heterocycles. The average molecular weight is 341 g/mol. The van der Waals surface area contributed by atoms with E-state index in [0.717, 1.165) is 18.5 Å². The maximum atomic E-state index is 11.2. The van der Waals surface area contributed by atoms with E-state index in [-0.39, 0.29) is 5.56 Å². The third-order valence-electron chi connectivity index (χ3n) is 3.80. The van der Waals surface area contributed by atoms with Gasteiger partial charge in [0.05, 0.1) is 5.56 Å². The van der Waals surface area contributed by atoms with Gasteiger partial charge < -0.3 is 15.0 Å². The fourth-order valence-corrected chi connectivity index (χ4v) is 2.53. The molecule has 1 saturated carbocycles. The fraction of sp³-hybridized carbons (Fsp3) is 0.294. The van der Waals surface area contributed by atoms with Gasteiger partial charge >= 0.3 is 5.97 Å². The van der Waals surface area contributed by atoms with Gasteiger partial charge in [-0.05, 0) is 31.0 Å². The monoisotopic (exact) mass is 341 g/mol. The first-order chi connectivity index (χ1) is 12.0. The summed E-state index contributed by atoms with van der Waals surface area (Å²) >= 11 is 0. The molecule has 130 valence electrons. The van der Waals surface area contributed by atoms with Gasteiger partial charge in [0.1, 0.15) is 5.82 Å². The molecule has 0 bridgehead atoms. The number of aromatic carboxylic acids is 1. The normalized spacial score (nSPS) is 14.2. The van der Waals surface area contributed by atoms with Crippen LogP contribution in [0.2, 0.25) is 0 Å². The average Bonchev–Trinajstić information content (AvgIpc) is 3.40. The number of hydrogen-bond acceptors (Lipinski definition) is 6. The van der Waals surface area contributed by atoms with Gasteiger partial charge in [0.15, 0.2) is 5.49 Å². The molecule has 2 heterocycles. The lowest BCUT2D eigenvalue weighted by atomic mass is 10.2. The Kier molecular flexibility index (Phi) is 4.51. The molecule has 3 rings (SSSR count). The highest BCUT2D eigenvalue weighted by Gasteiger charge is 2.31. The summed E-state index contributed by atoms with van der Waals surface area (Å²) in [7, 11) is 3.57. The van der Waals surface area contributed by atoms with Crippen LogP contribution in [0.1, 0.15) is 23.2 Å². The summed E-state index contributed by atoms with van der Waals surface area (Å²) in [6.45, 7) is 0. The number of carboxylic acid groups (broad SMARTS) is 1. The Morgan fingerprint density at radius 3 is 2.64 bits per heavy atom. The van der Waals surface area contributed by atoms with Crippen molar-refractivity contribution in [2.24, 2.45) is 5.10 Å². The molecule has 25 heavy (non-hydrogen) atoms. The Bertz CT molecular complexity index is 853. The van der Waals surface area contributed by atoms with E-state index in [1.165, 1.54) is 10.8 Å². The van der Waals surface area contributed by atoms with Crippen LogP contribution in [0.3, 0.4) is 0 Å². The molecule has 8 heteroatoms. The maximum Gasteiger partial charge on any atom is 0.337 e. The van der Waals surface area contributed by atoms with E-state index in [9.17, 15) is 9.59 Å². The van der Waals surface area contributed by atoms with Crippen LogP contribution < -0.4 is 10.4 Å². The Morgan fingerprint density at radius 1 is 1.36 bits per heavy atom. The van der Waals surface area contributed by atoms with E-state index in [2.05, 4.69) is 15.0 Å². The molecule has 0 unspecified atom stereocenters. The second kappa shape index (κ2) is 6.76. The molecule has 0 radical (unpaired) electrons. The molecule has 2 aromatic rings. The van der Waals surface area contributed by atoms with Crippen LogP contribution in [-0.2, 0) is 4.79 Å². The fourth-order valence-electron chi connectivity index (χ4n) is 2.53. The van der Waals surface area contributed by atoms with Gasteiger partial charge in [0.2, 0.25) is 6.41 Å². The summed E-state index contributed by atoms with van der Waals surface area (Å²) in [5.74, 6) is -0.331. The van der Waals surface area contributed by atoms with E-state index in [1.54, 1.807) is 37.4 Å². The molecule has 1 fully saturated rings. The summed E-state index contributed by atoms with van der Waals surface area (Å²) < 4.78 is 1.40. The van der Waals surface area contributed by atoms with Gasteiger partial charge in [0.25, 0.3) is 0 Å². The Labute approximate surface area is 144 Å². The van der Waals surface area contributed by atoms with Crippen LogP contribution in [0.4, 0.5) is 11.5 Å². The number of hydrogen-bond donors (Lipinski definition) is 1. The lowest BCUT2D eigenvalue weighted by Crippen LogP contribution is -2.27. The van der Waals surface area contributed by atoms with Crippen LogP contribution in [0, 0.1) is 0 Å². The van der Waals surface area contributed by atoms with Crippen LogP contribution in [-0.4, -0.2) is 52.2 Å². The number of nitrogens with zero attached hydrogens (tertiary/aromatic N) is 5. The van der Waals surface area contributed by atoms with Crippen molar-refractivity contribution in [3.8, 4) is 0 Å². The van der Waals surface area contributed by atoms with Crippen molar-refractivity contribution in [1.29, 1.82) is 0 Å². The topological polar surface area (TPSA) is 91.0 Å². The molecule has 0 spiro atoms. The first kappa shape index (κ1) is 16.7. The molecule has 0 saturated heterocycles. The molecule has 8 nitrogen and oxygen atoms in total. The van der Waals surface area contributed by atoms with Crippen molar-refractivity contribution < 1.29 is 14.7 Å². The van der Waals surface area contributed by atoms with E-state index in [0.29, 0.717) is 23.8 Å². The Hall–Kier alpha value is -3.16. The minimum atomic E-state index is -1.00. The Morgan fingerprint density at radius 2 is 2.12 bits per heavy atom. The van der Waals surface area contributed by atoms with Crippen LogP contribution in [0.25, 0.3) is 0 Å². The molecule has 1 N–H and O–H groups in total. The second-order valence-corrected chi connectivity index (χ2v) is 6.01. The number of rotatable bonds is 6. The van der Waals surface area contributed by atoms with E-state index in [1.807, 2.05) is 12.1 Å². The summed E-state index contributed by atoms with van der Waals surface area (Å²) in [6.07, 6.45) is 5.78. The third-order valence-corrected chi connectivity index (χ3v) is 3.80. The van der Waals surface area contributed by atoms with Crippen LogP contribution in [0.15, 0.2) is 41.8 Å². The maximum absolute atomic E-state index is 11.2. The minimum absolute atomic E-state index is 0.148. The number of aromatic nitrogens is 2. The molecular formula is C17H19N5O3. The van der Waals surface area contributed by atoms with Gasteiger partial charge in [-0.1, -0.05) is 0 Å². The smallest absolute Gasteiger partial charge is 0.337 e. The highest BCUT2D eigenvalue weighted by Crippen LogP contribution is 2.36. The highest BCUT2D eigenvalue weighted by atomic mass is 16.4. The molecule has 0 amide bonds. The second-order valence-electron chi connectivity index (χ2n) is 6.01. The zero-order valence-electron chi connectivity index (χ0n) is 14.0. The number of carboxylic acids is 1. The number of carbonyl (C=O) groups is 2. The van der Waals surface area contributed by atoms with Crippen molar-refractivity contribution >= 4 is 23.9 Å². The van der Waals surface area contributed by atoms with Crippen molar-refractivity contribution in [2.45, 2.75) is 18.9 Å². The van der Waals surface area contributed by atoms with Gasteiger partial charge in [0, 0.05) is 44.3 Å². The summed E-state index contributed by atoms with van der Waals surface area (Å²) in [4.78, 5) is 28.6. The van der Waals surface area contributed by atoms with Gasteiger partial charge in [-0.3, -0.25) is 9.36 Å². The van der Waals surface area contributed by atoms with Crippen LogP contribution in [0.5, 0.6) is 0 Å². The predicted molar refractivity (Wildman–Crippen MR) is 92.2 cm³/mol. The van der Waals surface area contributed by atoms with Crippen molar-refractivity contribution in [2.75, 3.05) is 19.0 Å². The lowest BCUT2D eigenvalue weighted by Gasteiger charge is -2.24. The van der Waals surface area contributed by atoms with Gasteiger partial charge in [-0.2, -0.15) is 5.10 Å². The van der Waals surface area contributed by atoms with E-state index < -0.39 is 5.97 Å². The zero-order valence-corrected chi connectivity index (χ0v) is 14.0. The molecular weight excluding hydrogens is 322 g/mol. The SMILES string of the molecule is CN(C)/N=c1/cc(N(c2ccc(C(=O)O)cn2)C2CC2)ccn1C=O. The quantitative estimate of drug-likeness (QED) is 0.629. The van der Waals surface area contributed by atoms with E-state index >= 15 is 0 Å². The number of anilines is 2. The van der Waals surface area contributed by atoms with E-state index in [4.69, 9.17) is 5.11 Å². The standard InChI is InChI=1S/C17H19N5O3/c1-20(2)19-16-9-14(7-8-21(16)11-23)22(13-4-5-13)15-6-3-12(10-18-15)17(24)25/h3,6-11,13H,4-5H2,1-2H3,(H,24,25)/b19-16-. The molecule has 0 aromatic carbocycles. The van der Waals surface area contributed by atoms with Gasteiger partial charge in [-0.25, -0.2) is 9.78 Å². The highest BCUT2D eigenvalue weighted by molar-refractivity contribution is 5.87. The first-order valence-corrected chi connectivity index (χ1v) is 7.87. The third kappa shape index (κ3) is 3.68. The van der Waals surface area contributed by atoms with Crippen LogP contribution >= 0.6 is 0 Å². The summed E-state index contributed by atoms with van der Waals surface area (Å²) in [5.41, 5.74) is 1.51. The number of carbonyl (C=O) groups excluding carboxylic acids is 1. The van der Waals surface area contributed by atoms with Crippen molar-refractivity contribution in [3.63, 3.8) is 0 Å². The first-order valence-electron chi connectivity index (χ1n) is 7.87. The lowest BCUT2D eigenvalue weighted by molar-refractivity contribution is 0.0696. The summed E-state index contributed by atoms with van der Waals surface area (Å²) in [6, 6.07) is 7.20. The molecule has 0 aliphatic heterocycles.